The standard InChI is InChI=1S/C23H23N3O2S2/c27-21(25-23-24-13-15-29-23)18-10-7-14-26(16-18)22(28)20(17-8-3-1-4-9-17)30-19-11-5-2-6-12-19/h1-6,8-9,11-13,15,18,20H,7,10,14,16H2,(H,24,25,27). The van der Waals surface area contributed by atoms with Gasteiger partial charge >= 0.3 is 0 Å². The van der Waals surface area contributed by atoms with E-state index in [4.69, 9.17) is 0 Å². The second-order valence-corrected chi connectivity index (χ2v) is 9.24. The lowest BCUT2D eigenvalue weighted by atomic mass is 9.96. The topological polar surface area (TPSA) is 62.3 Å². The Kier molecular flexibility index (Phi) is 6.81. The van der Waals surface area contributed by atoms with E-state index in [1.807, 2.05) is 70.9 Å². The van der Waals surface area contributed by atoms with Crippen molar-refractivity contribution in [3.63, 3.8) is 0 Å². The fourth-order valence-corrected chi connectivity index (χ4v) is 5.24. The molecule has 7 heteroatoms. The summed E-state index contributed by atoms with van der Waals surface area (Å²) in [5.74, 6) is -0.221. The van der Waals surface area contributed by atoms with Gasteiger partial charge in [-0.1, -0.05) is 48.5 Å². The molecule has 0 aliphatic carbocycles. The quantitative estimate of drug-likeness (QED) is 0.560. The van der Waals surface area contributed by atoms with Gasteiger partial charge in [-0.25, -0.2) is 4.98 Å². The fraction of sp³-hybridized carbons (Fsp3) is 0.261. The number of likely N-dealkylation sites (tertiary alicyclic amines) is 1. The van der Waals surface area contributed by atoms with E-state index in [0.717, 1.165) is 23.3 Å². The molecule has 1 N–H and O–H groups in total. The number of benzene rings is 2. The van der Waals surface area contributed by atoms with Crippen LogP contribution in [0.5, 0.6) is 0 Å². The van der Waals surface area contributed by atoms with Crippen molar-refractivity contribution >= 4 is 40.0 Å². The first-order valence-corrected chi connectivity index (χ1v) is 11.7. The SMILES string of the molecule is O=C(Nc1nccs1)C1CCCN(C(=O)C(Sc2ccccc2)c2ccccc2)C1. The maximum atomic E-state index is 13.6. The number of anilines is 1. The number of thiazole rings is 1. The molecule has 1 aliphatic rings. The highest BCUT2D eigenvalue weighted by Crippen LogP contribution is 2.37. The highest BCUT2D eigenvalue weighted by Gasteiger charge is 2.33. The van der Waals surface area contributed by atoms with Crippen LogP contribution in [0.15, 0.2) is 77.1 Å². The summed E-state index contributed by atoms with van der Waals surface area (Å²) in [6, 6.07) is 19.8. The van der Waals surface area contributed by atoms with E-state index in [2.05, 4.69) is 10.3 Å². The molecule has 5 nitrogen and oxygen atoms in total. The monoisotopic (exact) mass is 437 g/mol. The second-order valence-electron chi connectivity index (χ2n) is 7.17. The molecule has 0 spiro atoms. The fourth-order valence-electron chi connectivity index (χ4n) is 3.57. The number of carbonyl (C=O) groups excluding carboxylic acids is 2. The van der Waals surface area contributed by atoms with Crippen LogP contribution in [0.2, 0.25) is 0 Å². The van der Waals surface area contributed by atoms with Crippen LogP contribution < -0.4 is 5.32 Å². The minimum atomic E-state index is -0.339. The molecule has 2 unspecified atom stereocenters. The van der Waals surface area contributed by atoms with Gasteiger partial charge in [0.05, 0.1) is 5.92 Å². The summed E-state index contributed by atoms with van der Waals surface area (Å²) in [4.78, 5) is 33.3. The van der Waals surface area contributed by atoms with Gasteiger partial charge in [0.2, 0.25) is 11.8 Å². The third-order valence-electron chi connectivity index (χ3n) is 5.09. The number of hydrogen-bond donors (Lipinski definition) is 1. The Bertz CT molecular complexity index is 965. The van der Waals surface area contributed by atoms with Crippen molar-refractivity contribution < 1.29 is 9.59 Å². The number of thioether (sulfide) groups is 1. The molecule has 2 amide bonds. The molecule has 1 fully saturated rings. The van der Waals surface area contributed by atoms with E-state index in [-0.39, 0.29) is 23.0 Å². The maximum Gasteiger partial charge on any atom is 0.240 e. The van der Waals surface area contributed by atoms with Gasteiger partial charge in [0, 0.05) is 29.6 Å². The molecule has 4 rings (SSSR count). The molecule has 0 bridgehead atoms. The third kappa shape index (κ3) is 5.09. The summed E-state index contributed by atoms with van der Waals surface area (Å²) < 4.78 is 0. The van der Waals surface area contributed by atoms with Crippen LogP contribution in [0.25, 0.3) is 0 Å². The van der Waals surface area contributed by atoms with Crippen molar-refractivity contribution in [2.75, 3.05) is 18.4 Å². The smallest absolute Gasteiger partial charge is 0.240 e. The third-order valence-corrected chi connectivity index (χ3v) is 7.03. The summed E-state index contributed by atoms with van der Waals surface area (Å²) in [5, 5.41) is 4.97. The van der Waals surface area contributed by atoms with Crippen LogP contribution >= 0.6 is 23.1 Å². The summed E-state index contributed by atoms with van der Waals surface area (Å²) in [6.07, 6.45) is 3.27. The van der Waals surface area contributed by atoms with Crippen LogP contribution in [-0.4, -0.2) is 34.8 Å². The summed E-state index contributed by atoms with van der Waals surface area (Å²) >= 11 is 2.96. The van der Waals surface area contributed by atoms with E-state index in [1.165, 1.54) is 11.3 Å². The van der Waals surface area contributed by atoms with Crippen LogP contribution in [-0.2, 0) is 9.59 Å². The Morgan fingerprint density at radius 1 is 1.10 bits per heavy atom. The molecule has 2 atom stereocenters. The number of aromatic nitrogens is 1. The average molecular weight is 438 g/mol. The molecule has 0 saturated carbocycles. The van der Waals surface area contributed by atoms with Gasteiger partial charge in [0.25, 0.3) is 0 Å². The van der Waals surface area contributed by atoms with Crippen molar-refractivity contribution in [1.82, 2.24) is 9.88 Å². The Hall–Kier alpha value is -2.64. The number of nitrogens with zero attached hydrogens (tertiary/aromatic N) is 2. The molecule has 30 heavy (non-hydrogen) atoms. The highest BCUT2D eigenvalue weighted by molar-refractivity contribution is 8.00. The normalized spacial score (nSPS) is 17.3. The summed E-state index contributed by atoms with van der Waals surface area (Å²) in [6.45, 7) is 1.12. The van der Waals surface area contributed by atoms with E-state index >= 15 is 0 Å². The minimum Gasteiger partial charge on any atom is -0.341 e. The molecular formula is C23H23N3O2S2. The van der Waals surface area contributed by atoms with Crippen molar-refractivity contribution in [3.05, 3.63) is 77.8 Å². The number of hydrogen-bond acceptors (Lipinski definition) is 5. The lowest BCUT2D eigenvalue weighted by Crippen LogP contribution is -2.45. The van der Waals surface area contributed by atoms with Crippen LogP contribution in [0.3, 0.4) is 0 Å². The van der Waals surface area contributed by atoms with Crippen LogP contribution in [0, 0.1) is 5.92 Å². The van der Waals surface area contributed by atoms with E-state index < -0.39 is 0 Å². The summed E-state index contributed by atoms with van der Waals surface area (Å²) in [5.41, 5.74) is 0.978. The maximum absolute atomic E-state index is 13.6. The molecule has 154 valence electrons. The number of amides is 2. The average Bonchev–Trinajstić information content (AvgIpc) is 3.31. The molecular weight excluding hydrogens is 414 g/mol. The first-order valence-electron chi connectivity index (χ1n) is 9.96. The number of piperidine rings is 1. The Balaban J connectivity index is 1.49. The lowest BCUT2D eigenvalue weighted by Gasteiger charge is -2.34. The van der Waals surface area contributed by atoms with E-state index in [1.54, 1.807) is 18.0 Å². The molecule has 0 radical (unpaired) electrons. The Labute approximate surface area is 184 Å². The number of nitrogens with one attached hydrogen (secondary N) is 1. The molecule has 1 aromatic heterocycles. The zero-order valence-corrected chi connectivity index (χ0v) is 18.1. The van der Waals surface area contributed by atoms with Gasteiger partial charge in [-0.15, -0.1) is 23.1 Å². The predicted octanol–water partition coefficient (Wildman–Crippen LogP) is 4.85. The minimum absolute atomic E-state index is 0.0572. The first-order chi connectivity index (χ1) is 14.7. The zero-order valence-electron chi connectivity index (χ0n) is 16.4. The van der Waals surface area contributed by atoms with Gasteiger partial charge in [-0.05, 0) is 30.5 Å². The van der Waals surface area contributed by atoms with E-state index in [9.17, 15) is 9.59 Å². The van der Waals surface area contributed by atoms with E-state index in [0.29, 0.717) is 18.2 Å². The van der Waals surface area contributed by atoms with Crippen molar-refractivity contribution in [1.29, 1.82) is 0 Å². The van der Waals surface area contributed by atoms with Crippen LogP contribution in [0.4, 0.5) is 5.13 Å². The van der Waals surface area contributed by atoms with Gasteiger partial charge in [0.1, 0.15) is 5.25 Å². The van der Waals surface area contributed by atoms with Gasteiger partial charge in [0.15, 0.2) is 5.13 Å². The predicted molar refractivity (Wildman–Crippen MR) is 122 cm³/mol. The van der Waals surface area contributed by atoms with Crippen molar-refractivity contribution in [2.45, 2.75) is 23.0 Å². The molecule has 1 aliphatic heterocycles. The van der Waals surface area contributed by atoms with Gasteiger partial charge in [-0.3, -0.25) is 9.59 Å². The first kappa shape index (κ1) is 20.6. The second kappa shape index (κ2) is 9.91. The Morgan fingerprint density at radius 2 is 1.83 bits per heavy atom. The zero-order chi connectivity index (χ0) is 20.8. The number of rotatable bonds is 6. The number of carbonyl (C=O) groups is 2. The molecule has 3 aromatic rings. The summed E-state index contributed by atoms with van der Waals surface area (Å²) in [7, 11) is 0. The Morgan fingerprint density at radius 3 is 2.53 bits per heavy atom. The molecule has 1 saturated heterocycles. The molecule has 2 heterocycles. The molecule has 2 aromatic carbocycles. The van der Waals surface area contributed by atoms with Gasteiger partial charge < -0.3 is 10.2 Å². The van der Waals surface area contributed by atoms with Crippen LogP contribution in [0.1, 0.15) is 23.7 Å². The lowest BCUT2D eigenvalue weighted by molar-refractivity contribution is -0.134. The largest absolute Gasteiger partial charge is 0.341 e. The van der Waals surface area contributed by atoms with Gasteiger partial charge in [-0.2, -0.15) is 0 Å². The highest BCUT2D eigenvalue weighted by atomic mass is 32.2. The van der Waals surface area contributed by atoms with Crippen molar-refractivity contribution in [2.24, 2.45) is 5.92 Å². The van der Waals surface area contributed by atoms with Crippen molar-refractivity contribution in [3.8, 4) is 0 Å².